The number of primary amides is 1. The van der Waals surface area contributed by atoms with Crippen molar-refractivity contribution in [1.29, 1.82) is 0 Å². The number of nitrogens with zero attached hydrogens (tertiary/aromatic N) is 1. The van der Waals surface area contributed by atoms with E-state index in [2.05, 4.69) is 4.99 Å². The highest BCUT2D eigenvalue weighted by atomic mass is 16.6. The summed E-state index contributed by atoms with van der Waals surface area (Å²) in [6.07, 6.45) is 2.45. The molecule has 1 atom stereocenters. The van der Waals surface area contributed by atoms with Gasteiger partial charge in [0.2, 0.25) is 6.08 Å². The number of nitrogens with two attached hydrogens (primary N) is 1. The summed E-state index contributed by atoms with van der Waals surface area (Å²) in [7, 11) is 0. The van der Waals surface area contributed by atoms with Crippen molar-refractivity contribution in [2.24, 2.45) is 10.7 Å². The SMILES string of the molecule is Cc1ccc(C(C=CN=C=O)OC(N)=O)cc1. The molecule has 1 amide bonds. The molecule has 1 aromatic carbocycles. The lowest BCUT2D eigenvalue weighted by molar-refractivity contribution is 0.130. The maximum absolute atomic E-state index is 10.7. The summed E-state index contributed by atoms with van der Waals surface area (Å²) in [5, 5.41) is 0. The van der Waals surface area contributed by atoms with Crippen molar-refractivity contribution < 1.29 is 14.3 Å². The highest BCUT2D eigenvalue weighted by molar-refractivity contribution is 5.65. The molecule has 0 heterocycles. The molecule has 0 bridgehead atoms. The fraction of sp³-hybridized carbons (Fsp3) is 0.167. The molecule has 0 saturated heterocycles. The second-order valence-corrected chi connectivity index (χ2v) is 3.33. The number of carbonyl (C=O) groups excluding carboxylic acids is 2. The average molecular weight is 232 g/mol. The Kier molecular flexibility index (Phi) is 4.66. The lowest BCUT2D eigenvalue weighted by atomic mass is 10.1. The maximum Gasteiger partial charge on any atom is 0.405 e. The largest absolute Gasteiger partial charge is 0.437 e. The van der Waals surface area contributed by atoms with E-state index in [-0.39, 0.29) is 0 Å². The van der Waals surface area contributed by atoms with Gasteiger partial charge in [0.25, 0.3) is 0 Å². The third kappa shape index (κ3) is 4.32. The first-order chi connectivity index (χ1) is 8.13. The van der Waals surface area contributed by atoms with E-state index in [1.807, 2.05) is 19.1 Å². The highest BCUT2D eigenvalue weighted by Crippen LogP contribution is 2.19. The number of isocyanates is 1. The minimum Gasteiger partial charge on any atom is -0.437 e. The first-order valence-corrected chi connectivity index (χ1v) is 4.90. The predicted octanol–water partition coefficient (Wildman–Crippen LogP) is 1.98. The monoisotopic (exact) mass is 232 g/mol. The van der Waals surface area contributed by atoms with Crippen LogP contribution in [0, 0.1) is 6.92 Å². The number of aryl methyl sites for hydroxylation is 1. The maximum atomic E-state index is 10.7. The van der Waals surface area contributed by atoms with Crippen molar-refractivity contribution in [3.05, 3.63) is 47.7 Å². The third-order valence-corrected chi connectivity index (χ3v) is 2.04. The van der Waals surface area contributed by atoms with Gasteiger partial charge >= 0.3 is 6.09 Å². The summed E-state index contributed by atoms with van der Waals surface area (Å²) in [6, 6.07) is 7.36. The standard InChI is InChI=1S/C12H12N2O3/c1-9-2-4-10(5-3-9)11(17-12(13)16)6-7-14-8-15/h2-7,11H,1H3,(H2,13,16). The molecule has 0 aliphatic carbocycles. The quantitative estimate of drug-likeness (QED) is 0.636. The number of rotatable bonds is 4. The van der Waals surface area contributed by atoms with Gasteiger partial charge in [-0.3, -0.25) is 0 Å². The average Bonchev–Trinajstić information content (AvgIpc) is 2.28. The molecule has 0 aromatic heterocycles. The Bertz CT molecular complexity index is 459. The molecule has 17 heavy (non-hydrogen) atoms. The minimum atomic E-state index is -0.893. The number of hydrogen-bond donors (Lipinski definition) is 1. The minimum absolute atomic E-state index is 0.662. The van der Waals surface area contributed by atoms with E-state index in [9.17, 15) is 9.59 Å². The molecule has 1 aromatic rings. The van der Waals surface area contributed by atoms with Gasteiger partial charge < -0.3 is 10.5 Å². The van der Waals surface area contributed by atoms with Crippen molar-refractivity contribution in [2.45, 2.75) is 13.0 Å². The van der Waals surface area contributed by atoms with Gasteiger partial charge in [0.15, 0.2) is 0 Å². The topological polar surface area (TPSA) is 81.8 Å². The van der Waals surface area contributed by atoms with Gasteiger partial charge in [0, 0.05) is 6.20 Å². The summed E-state index contributed by atoms with van der Waals surface area (Å²) < 4.78 is 4.89. The number of aliphatic imine (C=N–C) groups is 1. The summed E-state index contributed by atoms with van der Waals surface area (Å²) >= 11 is 0. The van der Waals surface area contributed by atoms with Crippen LogP contribution < -0.4 is 5.73 Å². The molecule has 1 unspecified atom stereocenters. The van der Waals surface area contributed by atoms with Crippen molar-refractivity contribution in [3.8, 4) is 0 Å². The molecular weight excluding hydrogens is 220 g/mol. The van der Waals surface area contributed by atoms with Crippen molar-refractivity contribution >= 4 is 12.2 Å². The molecule has 88 valence electrons. The van der Waals surface area contributed by atoms with Gasteiger partial charge in [0.1, 0.15) is 6.10 Å². The number of benzene rings is 1. The van der Waals surface area contributed by atoms with Crippen LogP contribution in [0.25, 0.3) is 0 Å². The Morgan fingerprint density at radius 2 is 2.12 bits per heavy atom. The van der Waals surface area contributed by atoms with Crippen LogP contribution in [0.3, 0.4) is 0 Å². The second-order valence-electron chi connectivity index (χ2n) is 3.33. The van der Waals surface area contributed by atoms with Crippen LogP contribution in [0.5, 0.6) is 0 Å². The van der Waals surface area contributed by atoms with Crippen molar-refractivity contribution in [2.75, 3.05) is 0 Å². The normalized spacial score (nSPS) is 11.8. The van der Waals surface area contributed by atoms with E-state index in [0.717, 1.165) is 11.1 Å². The zero-order valence-corrected chi connectivity index (χ0v) is 9.29. The number of carbonyl (C=O) groups is 1. The molecule has 5 heteroatoms. The molecular formula is C12H12N2O3. The number of hydrogen-bond acceptors (Lipinski definition) is 4. The van der Waals surface area contributed by atoms with E-state index in [1.165, 1.54) is 18.4 Å². The zero-order chi connectivity index (χ0) is 12.7. The van der Waals surface area contributed by atoms with Gasteiger partial charge in [-0.1, -0.05) is 29.8 Å². The Morgan fingerprint density at radius 3 is 2.65 bits per heavy atom. The first-order valence-electron chi connectivity index (χ1n) is 4.90. The molecule has 0 spiro atoms. The van der Waals surface area contributed by atoms with Crippen LogP contribution >= 0.6 is 0 Å². The number of ether oxygens (including phenoxy) is 1. The molecule has 2 N–H and O–H groups in total. The van der Waals surface area contributed by atoms with Crippen LogP contribution in [-0.4, -0.2) is 12.2 Å². The van der Waals surface area contributed by atoms with Crippen LogP contribution in [-0.2, 0) is 9.53 Å². The highest BCUT2D eigenvalue weighted by Gasteiger charge is 2.11. The molecule has 5 nitrogen and oxygen atoms in total. The number of amides is 1. The van der Waals surface area contributed by atoms with Gasteiger partial charge in [-0.25, -0.2) is 9.59 Å². The molecule has 0 fully saturated rings. The first kappa shape index (κ1) is 12.7. The lowest BCUT2D eigenvalue weighted by Gasteiger charge is -2.12. The van der Waals surface area contributed by atoms with E-state index < -0.39 is 12.2 Å². The smallest absolute Gasteiger partial charge is 0.405 e. The van der Waals surface area contributed by atoms with E-state index in [4.69, 9.17) is 10.5 Å². The fourth-order valence-corrected chi connectivity index (χ4v) is 1.25. The van der Waals surface area contributed by atoms with Gasteiger partial charge in [-0.2, -0.15) is 4.99 Å². The van der Waals surface area contributed by atoms with E-state index in [0.29, 0.717) is 0 Å². The van der Waals surface area contributed by atoms with Gasteiger partial charge in [-0.15, -0.1) is 0 Å². The molecule has 0 saturated carbocycles. The third-order valence-electron chi connectivity index (χ3n) is 2.04. The van der Waals surface area contributed by atoms with Gasteiger partial charge in [0.05, 0.1) is 0 Å². The summed E-state index contributed by atoms with van der Waals surface area (Å²) in [5.41, 5.74) is 6.79. The molecule has 0 radical (unpaired) electrons. The van der Waals surface area contributed by atoms with Crippen LogP contribution in [0.2, 0.25) is 0 Å². The van der Waals surface area contributed by atoms with Crippen molar-refractivity contribution in [3.63, 3.8) is 0 Å². The summed E-state index contributed by atoms with van der Waals surface area (Å²) in [4.78, 5) is 23.9. The van der Waals surface area contributed by atoms with Gasteiger partial charge in [-0.05, 0) is 18.6 Å². The zero-order valence-electron chi connectivity index (χ0n) is 9.29. The molecule has 0 aliphatic rings. The second kappa shape index (κ2) is 6.25. The van der Waals surface area contributed by atoms with Crippen LogP contribution in [0.15, 0.2) is 41.5 Å². The summed E-state index contributed by atoms with van der Waals surface area (Å²) in [6.45, 7) is 1.94. The van der Waals surface area contributed by atoms with Crippen LogP contribution in [0.4, 0.5) is 4.79 Å². The van der Waals surface area contributed by atoms with E-state index in [1.54, 1.807) is 12.1 Å². The van der Waals surface area contributed by atoms with E-state index >= 15 is 0 Å². The predicted molar refractivity (Wildman–Crippen MR) is 61.8 cm³/mol. The molecule has 0 aliphatic heterocycles. The van der Waals surface area contributed by atoms with Crippen molar-refractivity contribution in [1.82, 2.24) is 0 Å². The Hall–Kier alpha value is -2.39. The Balaban J connectivity index is 2.92. The lowest BCUT2D eigenvalue weighted by Crippen LogP contribution is -2.16. The van der Waals surface area contributed by atoms with Crippen LogP contribution in [0.1, 0.15) is 17.2 Å². The fourth-order valence-electron chi connectivity index (χ4n) is 1.25. The summed E-state index contributed by atoms with van der Waals surface area (Å²) in [5.74, 6) is 0. The Morgan fingerprint density at radius 1 is 1.47 bits per heavy atom. The Labute approximate surface area is 98.6 Å². The molecule has 1 rings (SSSR count).